The largest absolute Gasteiger partial charge is 0.481 e. The van der Waals surface area contributed by atoms with Crippen LogP contribution in [0.3, 0.4) is 0 Å². The molecule has 0 bridgehead atoms. The van der Waals surface area contributed by atoms with E-state index in [2.05, 4.69) is 4.98 Å². The quantitative estimate of drug-likeness (QED) is 0.603. The zero-order valence-corrected chi connectivity index (χ0v) is 8.79. The fraction of sp³-hybridized carbons (Fsp3) is 0.300. The highest BCUT2D eigenvalue weighted by Gasteiger charge is 2.10. The first-order chi connectivity index (χ1) is 7.69. The van der Waals surface area contributed by atoms with Crippen molar-refractivity contribution in [1.29, 1.82) is 0 Å². The van der Waals surface area contributed by atoms with Gasteiger partial charge in [-0.2, -0.15) is 0 Å². The summed E-state index contributed by atoms with van der Waals surface area (Å²) in [4.78, 5) is 13.8. The van der Waals surface area contributed by atoms with Crippen LogP contribution < -0.4 is 4.74 Å². The van der Waals surface area contributed by atoms with Crippen LogP contribution in [0.5, 0.6) is 5.88 Å². The Labute approximate surface area is 92.3 Å². The number of nitro groups is 1. The van der Waals surface area contributed by atoms with Gasteiger partial charge in [0, 0.05) is 18.2 Å². The minimum absolute atomic E-state index is 0.0289. The molecule has 1 rings (SSSR count). The van der Waals surface area contributed by atoms with Gasteiger partial charge in [0.1, 0.15) is 6.20 Å². The lowest BCUT2D eigenvalue weighted by Crippen LogP contribution is -1.95. The molecule has 0 fully saturated rings. The average molecular weight is 224 g/mol. The van der Waals surface area contributed by atoms with Crippen molar-refractivity contribution in [2.45, 2.75) is 6.42 Å². The molecule has 0 unspecified atom stereocenters. The number of aliphatic hydroxyl groups excluding tert-OH is 1. The van der Waals surface area contributed by atoms with Crippen LogP contribution in [0.2, 0.25) is 0 Å². The number of aromatic nitrogens is 1. The number of aliphatic hydroxyl groups is 1. The van der Waals surface area contributed by atoms with Gasteiger partial charge in [0.15, 0.2) is 0 Å². The van der Waals surface area contributed by atoms with E-state index in [0.29, 0.717) is 17.9 Å². The Morgan fingerprint density at radius 2 is 2.44 bits per heavy atom. The highest BCUT2D eigenvalue weighted by molar-refractivity contribution is 5.57. The zero-order valence-electron chi connectivity index (χ0n) is 8.79. The van der Waals surface area contributed by atoms with Crippen molar-refractivity contribution in [2.24, 2.45) is 0 Å². The van der Waals surface area contributed by atoms with Crippen LogP contribution in [-0.4, -0.2) is 28.7 Å². The summed E-state index contributed by atoms with van der Waals surface area (Å²) < 4.78 is 4.96. The van der Waals surface area contributed by atoms with Crippen LogP contribution in [0, 0.1) is 10.1 Å². The van der Waals surface area contributed by atoms with Crippen molar-refractivity contribution in [1.82, 2.24) is 4.98 Å². The molecule has 1 aromatic heterocycles. The van der Waals surface area contributed by atoms with E-state index in [1.807, 2.05) is 0 Å². The highest BCUT2D eigenvalue weighted by Crippen LogP contribution is 2.21. The number of hydrogen-bond donors (Lipinski definition) is 1. The lowest BCUT2D eigenvalue weighted by Gasteiger charge is -2.02. The third-order valence-electron chi connectivity index (χ3n) is 1.86. The Kier molecular flexibility index (Phi) is 4.41. The summed E-state index contributed by atoms with van der Waals surface area (Å²) >= 11 is 0. The van der Waals surface area contributed by atoms with E-state index < -0.39 is 4.92 Å². The molecule has 0 spiro atoms. The van der Waals surface area contributed by atoms with E-state index >= 15 is 0 Å². The lowest BCUT2D eigenvalue weighted by atomic mass is 10.2. The summed E-state index contributed by atoms with van der Waals surface area (Å²) in [7, 11) is 1.44. The monoisotopic (exact) mass is 224 g/mol. The molecule has 0 aromatic carbocycles. The standard InChI is InChI=1S/C10H12N2O4/c1-16-10-8(4-2-3-5-13)6-9(7-11-10)12(14)15/h2,4,6-7,13H,3,5H2,1H3. The second-order valence-corrected chi connectivity index (χ2v) is 2.96. The number of methoxy groups -OCH3 is 1. The Morgan fingerprint density at radius 3 is 3.00 bits per heavy atom. The van der Waals surface area contributed by atoms with Crippen LogP contribution in [0.25, 0.3) is 6.08 Å². The first-order valence-corrected chi connectivity index (χ1v) is 4.65. The Bertz CT molecular complexity index is 404. The number of rotatable bonds is 5. The number of nitrogens with zero attached hydrogens (tertiary/aromatic N) is 2. The number of hydrogen-bond acceptors (Lipinski definition) is 5. The lowest BCUT2D eigenvalue weighted by molar-refractivity contribution is -0.385. The van der Waals surface area contributed by atoms with Crippen molar-refractivity contribution in [3.63, 3.8) is 0 Å². The molecule has 6 heteroatoms. The van der Waals surface area contributed by atoms with E-state index in [4.69, 9.17) is 9.84 Å². The van der Waals surface area contributed by atoms with Crippen LogP contribution in [-0.2, 0) is 0 Å². The van der Waals surface area contributed by atoms with Gasteiger partial charge in [-0.05, 0) is 6.42 Å². The van der Waals surface area contributed by atoms with E-state index in [9.17, 15) is 10.1 Å². The molecule has 0 aliphatic carbocycles. The van der Waals surface area contributed by atoms with Gasteiger partial charge in [-0.15, -0.1) is 0 Å². The molecule has 1 N–H and O–H groups in total. The van der Waals surface area contributed by atoms with Gasteiger partial charge < -0.3 is 9.84 Å². The van der Waals surface area contributed by atoms with E-state index in [-0.39, 0.29) is 12.3 Å². The smallest absolute Gasteiger partial charge is 0.288 e. The predicted molar refractivity (Wildman–Crippen MR) is 58.2 cm³/mol. The summed E-state index contributed by atoms with van der Waals surface area (Å²) in [6.07, 6.45) is 4.95. The molecule has 0 saturated heterocycles. The second kappa shape index (κ2) is 5.82. The van der Waals surface area contributed by atoms with Crippen molar-refractivity contribution < 1.29 is 14.8 Å². The molecule has 1 aromatic rings. The van der Waals surface area contributed by atoms with Gasteiger partial charge >= 0.3 is 0 Å². The maximum Gasteiger partial charge on any atom is 0.288 e. The van der Waals surface area contributed by atoms with Crippen molar-refractivity contribution >= 4 is 11.8 Å². The summed E-state index contributed by atoms with van der Waals surface area (Å²) in [5.41, 5.74) is 0.426. The molecule has 0 saturated carbocycles. The Hall–Kier alpha value is -1.95. The molecule has 0 atom stereocenters. The van der Waals surface area contributed by atoms with E-state index in [0.717, 1.165) is 6.20 Å². The van der Waals surface area contributed by atoms with Crippen LogP contribution >= 0.6 is 0 Å². The van der Waals surface area contributed by atoms with Gasteiger partial charge in [-0.3, -0.25) is 10.1 Å². The third-order valence-corrected chi connectivity index (χ3v) is 1.86. The van der Waals surface area contributed by atoms with Crippen molar-refractivity contribution in [3.05, 3.63) is 34.0 Å². The maximum absolute atomic E-state index is 10.5. The normalized spacial score (nSPS) is 10.6. The number of ether oxygens (including phenoxy) is 1. The Morgan fingerprint density at radius 1 is 1.69 bits per heavy atom. The molecule has 0 radical (unpaired) electrons. The number of pyridine rings is 1. The summed E-state index contributed by atoms with van der Waals surface area (Å²) in [5, 5.41) is 19.2. The van der Waals surface area contributed by atoms with Crippen molar-refractivity contribution in [2.75, 3.05) is 13.7 Å². The third kappa shape index (κ3) is 3.03. The van der Waals surface area contributed by atoms with Gasteiger partial charge in [0.25, 0.3) is 5.69 Å². The molecule has 0 aliphatic rings. The minimum atomic E-state index is -0.518. The van der Waals surface area contributed by atoms with Gasteiger partial charge in [0.2, 0.25) is 5.88 Å². The maximum atomic E-state index is 10.5. The fourth-order valence-electron chi connectivity index (χ4n) is 1.13. The molecule has 1 heterocycles. The van der Waals surface area contributed by atoms with Crippen LogP contribution in [0.1, 0.15) is 12.0 Å². The second-order valence-electron chi connectivity index (χ2n) is 2.96. The minimum Gasteiger partial charge on any atom is -0.481 e. The highest BCUT2D eigenvalue weighted by atomic mass is 16.6. The summed E-state index contributed by atoms with van der Waals surface area (Å²) in [5.74, 6) is 0.319. The summed E-state index contributed by atoms with van der Waals surface area (Å²) in [6.45, 7) is 0.0289. The van der Waals surface area contributed by atoms with E-state index in [1.54, 1.807) is 12.2 Å². The van der Waals surface area contributed by atoms with Crippen molar-refractivity contribution in [3.8, 4) is 5.88 Å². The summed E-state index contributed by atoms with van der Waals surface area (Å²) in [6, 6.07) is 1.37. The molecular formula is C10H12N2O4. The van der Waals surface area contributed by atoms with E-state index in [1.165, 1.54) is 13.2 Å². The topological polar surface area (TPSA) is 85.5 Å². The molecule has 6 nitrogen and oxygen atoms in total. The van der Waals surface area contributed by atoms with Crippen LogP contribution in [0.15, 0.2) is 18.3 Å². The van der Waals surface area contributed by atoms with Gasteiger partial charge in [-0.25, -0.2) is 4.98 Å². The molecule has 16 heavy (non-hydrogen) atoms. The SMILES string of the molecule is COc1ncc([N+](=O)[O-])cc1C=CCCO. The average Bonchev–Trinajstić information content (AvgIpc) is 2.29. The van der Waals surface area contributed by atoms with Gasteiger partial charge in [0.05, 0.1) is 12.0 Å². The molecule has 0 aliphatic heterocycles. The fourth-order valence-corrected chi connectivity index (χ4v) is 1.13. The predicted octanol–water partition coefficient (Wildman–Crippen LogP) is 1.39. The molecule has 86 valence electrons. The van der Waals surface area contributed by atoms with Crippen LogP contribution in [0.4, 0.5) is 5.69 Å². The zero-order chi connectivity index (χ0) is 12.0. The molecule has 0 amide bonds. The Balaban J connectivity index is 3.02. The first-order valence-electron chi connectivity index (χ1n) is 4.65. The molecular weight excluding hydrogens is 212 g/mol. The first kappa shape index (κ1) is 12.1. The van der Waals surface area contributed by atoms with Gasteiger partial charge in [-0.1, -0.05) is 12.2 Å².